The van der Waals surface area contributed by atoms with Gasteiger partial charge in [-0.3, -0.25) is 4.79 Å². The molecule has 0 bridgehead atoms. The van der Waals surface area contributed by atoms with E-state index >= 15 is 0 Å². The number of hydrogen-bond acceptors (Lipinski definition) is 6. The number of fused-ring (bicyclic) bond motifs is 2. The van der Waals surface area contributed by atoms with Gasteiger partial charge in [0.25, 0.3) is 5.91 Å². The van der Waals surface area contributed by atoms with Gasteiger partial charge in [-0.2, -0.15) is 5.26 Å². The third kappa shape index (κ3) is 4.56. The molecule has 36 heavy (non-hydrogen) atoms. The van der Waals surface area contributed by atoms with Gasteiger partial charge < -0.3 is 24.2 Å². The molecule has 182 valence electrons. The molecule has 8 heteroatoms. The van der Waals surface area contributed by atoms with Crippen LogP contribution >= 0.6 is 0 Å². The Hall–Kier alpha value is -4.51. The van der Waals surface area contributed by atoms with Gasteiger partial charge in [-0.15, -0.1) is 0 Å². The second-order valence-corrected chi connectivity index (χ2v) is 8.88. The Morgan fingerprint density at radius 3 is 2.42 bits per heavy atom. The molecule has 1 N–H and O–H groups in total. The summed E-state index contributed by atoms with van der Waals surface area (Å²) in [6, 6.07) is 20.3. The summed E-state index contributed by atoms with van der Waals surface area (Å²) in [4.78, 5) is 25.9. The van der Waals surface area contributed by atoms with Gasteiger partial charge in [-0.05, 0) is 54.3 Å². The van der Waals surface area contributed by atoms with Crippen molar-refractivity contribution in [3.05, 3.63) is 88.5 Å². The number of nitrogens with zero attached hydrogens (tertiary/aromatic N) is 2. The van der Waals surface area contributed by atoms with Crippen LogP contribution in [0.2, 0.25) is 0 Å². The fourth-order valence-electron chi connectivity index (χ4n) is 4.77. The van der Waals surface area contributed by atoms with E-state index in [-0.39, 0.29) is 29.9 Å². The third-order valence-corrected chi connectivity index (χ3v) is 6.69. The molecule has 0 spiro atoms. The normalized spacial score (nSPS) is 16.2. The number of carbonyl (C=O) groups excluding carboxylic acids is 1. The third-order valence-electron chi connectivity index (χ3n) is 6.69. The summed E-state index contributed by atoms with van der Waals surface area (Å²) in [7, 11) is 1.83. The maximum atomic E-state index is 13.1. The molecule has 0 saturated carbocycles. The Morgan fingerprint density at radius 2 is 1.78 bits per heavy atom. The number of carbonyl (C=O) groups is 2. The minimum atomic E-state index is -1.38. The molecule has 3 aromatic rings. The highest BCUT2D eigenvalue weighted by Crippen LogP contribution is 2.40. The lowest BCUT2D eigenvalue weighted by Gasteiger charge is -2.25. The van der Waals surface area contributed by atoms with Gasteiger partial charge in [-0.25, -0.2) is 4.79 Å². The van der Waals surface area contributed by atoms with Crippen molar-refractivity contribution in [1.29, 1.82) is 5.26 Å². The van der Waals surface area contributed by atoms with Crippen molar-refractivity contribution in [2.45, 2.75) is 31.4 Å². The number of likely N-dealkylation sites (N-methyl/N-ethyl adjacent to an activating group) is 1. The van der Waals surface area contributed by atoms with Crippen LogP contribution in [0.3, 0.4) is 0 Å². The van der Waals surface area contributed by atoms with Crippen LogP contribution in [-0.4, -0.2) is 41.8 Å². The van der Waals surface area contributed by atoms with Gasteiger partial charge in [0.05, 0.1) is 12.2 Å². The number of ether oxygens (including phenoxy) is 3. The fraction of sp³-hybridized carbons (Fsp3) is 0.250. The molecular formula is C28H24N2O6. The van der Waals surface area contributed by atoms with Crippen molar-refractivity contribution < 1.29 is 28.9 Å². The molecule has 0 radical (unpaired) electrons. The Morgan fingerprint density at radius 1 is 1.08 bits per heavy atom. The van der Waals surface area contributed by atoms with Crippen molar-refractivity contribution in [3.8, 4) is 23.3 Å². The standard InChI is InChI=1S/C28H24N2O6/c1-30(21-12-18-4-2-3-5-19(18)13-21)27(31)17-6-8-22(9-7-17)35-25-15-26-23(14-20(25)16-29)24(10-11-34-26)36-28(32)33/h2-9,14-15,21,24H,10-13H2,1H3,(H,32,33). The number of carboxylic acid groups (broad SMARTS) is 1. The monoisotopic (exact) mass is 484 g/mol. The van der Waals surface area contributed by atoms with Gasteiger partial charge in [0.15, 0.2) is 0 Å². The predicted molar refractivity (Wildman–Crippen MR) is 129 cm³/mol. The van der Waals surface area contributed by atoms with E-state index in [1.54, 1.807) is 35.2 Å². The topological polar surface area (TPSA) is 109 Å². The molecule has 1 amide bonds. The van der Waals surface area contributed by atoms with E-state index in [9.17, 15) is 14.9 Å². The zero-order valence-electron chi connectivity index (χ0n) is 19.6. The first-order valence-corrected chi connectivity index (χ1v) is 11.6. The van der Waals surface area contributed by atoms with Crippen LogP contribution in [-0.2, 0) is 17.6 Å². The molecule has 3 aromatic carbocycles. The van der Waals surface area contributed by atoms with Crippen LogP contribution in [0, 0.1) is 11.3 Å². The summed E-state index contributed by atoms with van der Waals surface area (Å²) in [5.74, 6) is 1.07. The maximum Gasteiger partial charge on any atom is 0.506 e. The molecular weight excluding hydrogens is 460 g/mol. The van der Waals surface area contributed by atoms with E-state index in [2.05, 4.69) is 18.2 Å². The Kier molecular flexibility index (Phi) is 6.21. The minimum absolute atomic E-state index is 0.0660. The predicted octanol–water partition coefficient (Wildman–Crippen LogP) is 5.11. The van der Waals surface area contributed by atoms with Crippen LogP contribution in [0.25, 0.3) is 0 Å². The van der Waals surface area contributed by atoms with Crippen LogP contribution in [0.1, 0.15) is 45.1 Å². The molecule has 1 aliphatic carbocycles. The quantitative estimate of drug-likeness (QED) is 0.501. The molecule has 1 atom stereocenters. The number of rotatable bonds is 5. The molecule has 1 aliphatic heterocycles. The first-order chi connectivity index (χ1) is 17.4. The van der Waals surface area contributed by atoms with Crippen LogP contribution in [0.5, 0.6) is 17.2 Å². The zero-order chi connectivity index (χ0) is 25.2. The summed E-state index contributed by atoms with van der Waals surface area (Å²) in [5, 5.41) is 18.6. The first kappa shape index (κ1) is 23.2. The summed E-state index contributed by atoms with van der Waals surface area (Å²) in [5.41, 5.74) is 3.83. The van der Waals surface area contributed by atoms with Crippen molar-refractivity contribution in [3.63, 3.8) is 0 Å². The Balaban J connectivity index is 1.30. The Labute approximate surface area is 208 Å². The van der Waals surface area contributed by atoms with Crippen molar-refractivity contribution in [1.82, 2.24) is 4.90 Å². The van der Waals surface area contributed by atoms with E-state index in [0.717, 1.165) is 12.8 Å². The van der Waals surface area contributed by atoms with E-state index in [0.29, 0.717) is 29.0 Å². The first-order valence-electron chi connectivity index (χ1n) is 11.6. The molecule has 2 aliphatic rings. The molecule has 0 saturated heterocycles. The average molecular weight is 485 g/mol. The van der Waals surface area contributed by atoms with Crippen LogP contribution in [0.15, 0.2) is 60.7 Å². The van der Waals surface area contributed by atoms with Gasteiger partial charge in [-0.1, -0.05) is 24.3 Å². The Bertz CT molecular complexity index is 1340. The summed E-state index contributed by atoms with van der Waals surface area (Å²) in [6.45, 7) is 0.284. The number of hydrogen-bond donors (Lipinski definition) is 1. The highest BCUT2D eigenvalue weighted by atomic mass is 16.7. The van der Waals surface area contributed by atoms with Crippen molar-refractivity contribution in [2.24, 2.45) is 0 Å². The second kappa shape index (κ2) is 9.62. The van der Waals surface area contributed by atoms with Crippen molar-refractivity contribution in [2.75, 3.05) is 13.7 Å². The second-order valence-electron chi connectivity index (χ2n) is 8.88. The SMILES string of the molecule is CN(C(=O)c1ccc(Oc2cc3c(cc2C#N)C(OC(=O)O)CCO3)cc1)C1Cc2ccccc2C1. The largest absolute Gasteiger partial charge is 0.506 e. The van der Waals surface area contributed by atoms with Crippen molar-refractivity contribution >= 4 is 12.1 Å². The maximum absolute atomic E-state index is 13.1. The zero-order valence-corrected chi connectivity index (χ0v) is 19.6. The molecule has 0 fully saturated rings. The molecule has 8 nitrogen and oxygen atoms in total. The lowest BCUT2D eigenvalue weighted by atomic mass is 10.00. The number of amides is 1. The lowest BCUT2D eigenvalue weighted by molar-refractivity contribution is 0.0326. The summed E-state index contributed by atoms with van der Waals surface area (Å²) in [6.07, 6.45) is -0.0435. The number of nitriles is 1. The molecule has 5 rings (SSSR count). The van der Waals surface area contributed by atoms with Crippen LogP contribution < -0.4 is 9.47 Å². The summed E-state index contributed by atoms with van der Waals surface area (Å²) < 4.78 is 16.5. The minimum Gasteiger partial charge on any atom is -0.493 e. The molecule has 1 unspecified atom stereocenters. The van der Waals surface area contributed by atoms with Crippen LogP contribution in [0.4, 0.5) is 4.79 Å². The number of benzene rings is 3. The fourth-order valence-corrected chi connectivity index (χ4v) is 4.77. The highest BCUT2D eigenvalue weighted by Gasteiger charge is 2.29. The van der Waals surface area contributed by atoms with E-state index < -0.39 is 12.3 Å². The average Bonchev–Trinajstić information content (AvgIpc) is 3.32. The van der Waals surface area contributed by atoms with Gasteiger partial charge in [0.2, 0.25) is 0 Å². The lowest BCUT2D eigenvalue weighted by Crippen LogP contribution is -2.37. The molecule has 1 heterocycles. The van der Waals surface area contributed by atoms with Gasteiger partial charge >= 0.3 is 6.16 Å². The van der Waals surface area contributed by atoms with E-state index in [1.165, 1.54) is 17.2 Å². The molecule has 0 aromatic heterocycles. The summed E-state index contributed by atoms with van der Waals surface area (Å²) >= 11 is 0. The van der Waals surface area contributed by atoms with Gasteiger partial charge in [0, 0.05) is 36.7 Å². The van der Waals surface area contributed by atoms with E-state index in [4.69, 9.17) is 19.3 Å². The van der Waals surface area contributed by atoms with Gasteiger partial charge in [0.1, 0.15) is 29.4 Å². The smallest absolute Gasteiger partial charge is 0.493 e. The van der Waals surface area contributed by atoms with E-state index in [1.807, 2.05) is 19.2 Å². The highest BCUT2D eigenvalue weighted by molar-refractivity contribution is 5.94.